The number of hydrogen-bond donors (Lipinski definition) is 0. The topological polar surface area (TPSA) is 34.1 Å². The molecular weight excluding hydrogens is 407 g/mol. The zero-order valence-corrected chi connectivity index (χ0v) is 17.2. The standard InChI is InChI=1S/C22H22O2SSe/c1-18-12-14-20(15-13-18)25(23,24)17-22(16-19-8-4-2-5-9-19)26-21-10-6-3-7-11-21/h2-15,22H,16-17H2,1H3. The van der Waals surface area contributed by atoms with Crippen LogP contribution in [0, 0.1) is 6.92 Å². The van der Waals surface area contributed by atoms with Gasteiger partial charge in [-0.05, 0) is 0 Å². The zero-order chi connectivity index (χ0) is 18.4. The normalized spacial score (nSPS) is 12.7. The van der Waals surface area contributed by atoms with Crippen LogP contribution in [-0.2, 0) is 16.3 Å². The van der Waals surface area contributed by atoms with E-state index in [1.165, 1.54) is 10.0 Å². The van der Waals surface area contributed by atoms with Gasteiger partial charge in [0.05, 0.1) is 0 Å². The van der Waals surface area contributed by atoms with Crippen molar-refractivity contribution in [2.75, 3.05) is 5.75 Å². The maximum absolute atomic E-state index is 12.9. The number of sulfone groups is 1. The van der Waals surface area contributed by atoms with Crippen molar-refractivity contribution < 1.29 is 8.42 Å². The third-order valence-electron chi connectivity index (χ3n) is 4.14. The van der Waals surface area contributed by atoms with Gasteiger partial charge in [0.2, 0.25) is 0 Å². The molecule has 26 heavy (non-hydrogen) atoms. The van der Waals surface area contributed by atoms with Crippen LogP contribution >= 0.6 is 0 Å². The second-order valence-electron chi connectivity index (χ2n) is 6.34. The fourth-order valence-corrected chi connectivity index (χ4v) is 7.81. The summed E-state index contributed by atoms with van der Waals surface area (Å²) in [5, 5.41) is 0. The van der Waals surface area contributed by atoms with Gasteiger partial charge in [0.25, 0.3) is 0 Å². The van der Waals surface area contributed by atoms with Gasteiger partial charge in [0.15, 0.2) is 0 Å². The molecule has 2 nitrogen and oxygen atoms in total. The molecule has 0 saturated heterocycles. The molecule has 0 aromatic heterocycles. The third-order valence-corrected chi connectivity index (χ3v) is 8.99. The number of benzene rings is 3. The summed E-state index contributed by atoms with van der Waals surface area (Å²) >= 11 is 0.0921. The van der Waals surface area contributed by atoms with E-state index in [-0.39, 0.29) is 25.5 Å². The molecule has 0 aliphatic rings. The summed E-state index contributed by atoms with van der Waals surface area (Å²) in [5.41, 5.74) is 2.26. The summed E-state index contributed by atoms with van der Waals surface area (Å²) in [6.07, 6.45) is 0.779. The van der Waals surface area contributed by atoms with E-state index in [2.05, 4.69) is 24.3 Å². The Hall–Kier alpha value is -1.87. The summed E-state index contributed by atoms with van der Waals surface area (Å²) in [7, 11) is -3.30. The van der Waals surface area contributed by atoms with Gasteiger partial charge in [0.1, 0.15) is 0 Å². The van der Waals surface area contributed by atoms with Gasteiger partial charge in [-0.3, -0.25) is 0 Å². The summed E-state index contributed by atoms with van der Waals surface area (Å²) < 4.78 is 27.1. The van der Waals surface area contributed by atoms with E-state index in [1.807, 2.05) is 55.5 Å². The molecule has 0 aliphatic heterocycles. The molecule has 0 N–H and O–H groups in total. The Balaban J connectivity index is 1.83. The Bertz CT molecular complexity index is 879. The summed E-state index contributed by atoms with van der Waals surface area (Å²) in [6, 6.07) is 27.6. The fourth-order valence-electron chi connectivity index (χ4n) is 2.79. The van der Waals surface area contributed by atoms with E-state index in [0.717, 1.165) is 12.0 Å². The Morgan fingerprint density at radius 2 is 1.38 bits per heavy atom. The summed E-state index contributed by atoms with van der Waals surface area (Å²) in [5.74, 6) is 0.180. The third kappa shape index (κ3) is 5.31. The van der Waals surface area contributed by atoms with Crippen LogP contribution in [0.5, 0.6) is 0 Å². The van der Waals surface area contributed by atoms with E-state index in [0.29, 0.717) is 4.90 Å². The molecule has 3 rings (SSSR count). The first-order valence-electron chi connectivity index (χ1n) is 8.58. The molecule has 0 heterocycles. The van der Waals surface area contributed by atoms with Crippen molar-refractivity contribution in [3.8, 4) is 0 Å². The predicted molar refractivity (Wildman–Crippen MR) is 109 cm³/mol. The molecule has 134 valence electrons. The van der Waals surface area contributed by atoms with Crippen molar-refractivity contribution in [3.63, 3.8) is 0 Å². The van der Waals surface area contributed by atoms with Crippen LogP contribution in [0.3, 0.4) is 0 Å². The predicted octanol–water partition coefficient (Wildman–Crippen LogP) is 3.83. The van der Waals surface area contributed by atoms with Gasteiger partial charge >= 0.3 is 163 Å². The van der Waals surface area contributed by atoms with Crippen LogP contribution in [0.2, 0.25) is 4.82 Å². The van der Waals surface area contributed by atoms with E-state index in [9.17, 15) is 8.42 Å². The Labute approximate surface area is 162 Å². The summed E-state index contributed by atoms with van der Waals surface area (Å²) in [6.45, 7) is 1.97. The van der Waals surface area contributed by atoms with Gasteiger partial charge in [-0.2, -0.15) is 0 Å². The number of hydrogen-bond acceptors (Lipinski definition) is 2. The van der Waals surface area contributed by atoms with Crippen LogP contribution in [0.15, 0.2) is 89.8 Å². The maximum atomic E-state index is 12.9. The summed E-state index contributed by atoms with van der Waals surface area (Å²) in [4.78, 5) is 0.517. The molecule has 3 aromatic rings. The fraction of sp³-hybridized carbons (Fsp3) is 0.182. The first-order chi connectivity index (χ1) is 12.5. The van der Waals surface area contributed by atoms with E-state index >= 15 is 0 Å². The SMILES string of the molecule is Cc1ccc(S(=O)(=O)CC(Cc2ccccc2)[Se]c2ccccc2)cc1. The van der Waals surface area contributed by atoms with Gasteiger partial charge in [-0.1, -0.05) is 0 Å². The van der Waals surface area contributed by atoms with Crippen LogP contribution in [0.4, 0.5) is 0 Å². The second-order valence-corrected chi connectivity index (χ2v) is 11.3. The van der Waals surface area contributed by atoms with Crippen molar-refractivity contribution >= 4 is 29.3 Å². The molecule has 0 spiro atoms. The van der Waals surface area contributed by atoms with Gasteiger partial charge in [0, 0.05) is 0 Å². The van der Waals surface area contributed by atoms with Crippen molar-refractivity contribution in [2.45, 2.75) is 23.1 Å². The van der Waals surface area contributed by atoms with E-state index < -0.39 is 9.84 Å². The molecule has 0 radical (unpaired) electrons. The molecular formula is C22H22O2SSe. The van der Waals surface area contributed by atoms with Crippen molar-refractivity contribution in [3.05, 3.63) is 96.1 Å². The molecule has 0 fully saturated rings. The second kappa shape index (κ2) is 8.68. The minimum absolute atomic E-state index is 0.0921. The number of rotatable bonds is 7. The van der Waals surface area contributed by atoms with Crippen molar-refractivity contribution in [1.29, 1.82) is 0 Å². The van der Waals surface area contributed by atoms with Crippen molar-refractivity contribution in [2.24, 2.45) is 0 Å². The average Bonchev–Trinajstić information content (AvgIpc) is 2.63. The van der Waals surface area contributed by atoms with Gasteiger partial charge < -0.3 is 0 Å². The van der Waals surface area contributed by atoms with Crippen molar-refractivity contribution in [1.82, 2.24) is 0 Å². The first kappa shape index (κ1) is 18.9. The monoisotopic (exact) mass is 430 g/mol. The van der Waals surface area contributed by atoms with Crippen LogP contribution < -0.4 is 4.46 Å². The van der Waals surface area contributed by atoms with Crippen LogP contribution in [0.1, 0.15) is 11.1 Å². The molecule has 0 amide bonds. The van der Waals surface area contributed by atoms with Gasteiger partial charge in [-0.15, -0.1) is 0 Å². The molecule has 1 unspecified atom stereocenters. The Morgan fingerprint density at radius 1 is 0.808 bits per heavy atom. The van der Waals surface area contributed by atoms with Gasteiger partial charge in [-0.25, -0.2) is 0 Å². The molecule has 0 aliphatic carbocycles. The molecule has 3 aromatic carbocycles. The quantitative estimate of drug-likeness (QED) is 0.535. The Morgan fingerprint density at radius 3 is 2.00 bits per heavy atom. The number of aryl methyl sites for hydroxylation is 1. The first-order valence-corrected chi connectivity index (χ1v) is 12.1. The van der Waals surface area contributed by atoms with E-state index in [1.54, 1.807) is 12.1 Å². The molecule has 4 heteroatoms. The Kier molecular flexibility index (Phi) is 6.31. The molecule has 0 saturated carbocycles. The van der Waals surface area contributed by atoms with E-state index in [4.69, 9.17) is 0 Å². The molecule has 1 atom stereocenters. The average molecular weight is 429 g/mol. The molecule has 0 bridgehead atoms. The minimum atomic E-state index is -3.30. The van der Waals surface area contributed by atoms with Crippen LogP contribution in [0.25, 0.3) is 0 Å². The van der Waals surface area contributed by atoms with Crippen LogP contribution in [-0.4, -0.2) is 29.1 Å². The zero-order valence-electron chi connectivity index (χ0n) is 14.7.